The molecule has 0 amide bonds. The van der Waals surface area contributed by atoms with Gasteiger partial charge in [-0.15, -0.1) is 0 Å². The van der Waals surface area contributed by atoms with Crippen LogP contribution in [0.15, 0.2) is 76.7 Å². The van der Waals surface area contributed by atoms with Crippen molar-refractivity contribution in [3.63, 3.8) is 0 Å². The molecule has 8 nitrogen and oxygen atoms in total. The van der Waals surface area contributed by atoms with Gasteiger partial charge in [0.2, 0.25) is 0 Å². The second-order valence-electron chi connectivity index (χ2n) is 6.52. The molecule has 0 aliphatic heterocycles. The van der Waals surface area contributed by atoms with Crippen LogP contribution >= 0.6 is 11.6 Å². The molecule has 0 saturated heterocycles. The minimum atomic E-state index is -4.15. The van der Waals surface area contributed by atoms with Gasteiger partial charge in [-0.25, -0.2) is 8.42 Å². The molecule has 0 heterocycles. The fourth-order valence-electron chi connectivity index (χ4n) is 2.68. The SMILES string of the molecule is CCc1ccc(C=NNc2ccc([N+](=O)[O-])cc2S(=O)(=O)Nc2ccc(Cl)cc2)cc1. The number of aryl methyl sites for hydroxylation is 1. The number of hydrogen-bond acceptors (Lipinski definition) is 6. The normalized spacial score (nSPS) is 11.4. The first-order chi connectivity index (χ1) is 14.8. The molecule has 0 aliphatic carbocycles. The third kappa shape index (κ3) is 5.80. The van der Waals surface area contributed by atoms with Crippen LogP contribution in [-0.4, -0.2) is 19.6 Å². The summed E-state index contributed by atoms with van der Waals surface area (Å²) in [5.41, 5.74) is 4.66. The zero-order valence-electron chi connectivity index (χ0n) is 16.4. The second kappa shape index (κ2) is 9.59. The number of nitrogens with zero attached hydrogens (tertiary/aromatic N) is 2. The summed E-state index contributed by atoms with van der Waals surface area (Å²) < 4.78 is 28.2. The van der Waals surface area contributed by atoms with Gasteiger partial charge in [0.1, 0.15) is 4.90 Å². The molecule has 0 atom stereocenters. The monoisotopic (exact) mass is 458 g/mol. The van der Waals surface area contributed by atoms with Gasteiger partial charge in [-0.05, 0) is 47.9 Å². The lowest BCUT2D eigenvalue weighted by atomic mass is 10.1. The number of halogens is 1. The number of rotatable bonds is 8. The van der Waals surface area contributed by atoms with Crippen LogP contribution in [0.2, 0.25) is 5.02 Å². The van der Waals surface area contributed by atoms with Gasteiger partial charge in [0.15, 0.2) is 0 Å². The number of benzene rings is 3. The molecular weight excluding hydrogens is 440 g/mol. The standard InChI is InChI=1S/C21H19ClN4O4S/c1-2-15-3-5-16(6-4-15)14-23-24-20-12-11-19(26(27)28)13-21(20)31(29,30)25-18-9-7-17(22)8-10-18/h3-14,24-25H,2H2,1H3. The van der Waals surface area contributed by atoms with Crippen LogP contribution in [-0.2, 0) is 16.4 Å². The van der Waals surface area contributed by atoms with Crippen molar-refractivity contribution in [1.29, 1.82) is 0 Å². The third-order valence-corrected chi connectivity index (χ3v) is 6.02. The number of hydrazone groups is 1. The molecule has 2 N–H and O–H groups in total. The predicted octanol–water partition coefficient (Wildman–Crippen LogP) is 5.06. The van der Waals surface area contributed by atoms with E-state index in [4.69, 9.17) is 11.6 Å². The van der Waals surface area contributed by atoms with Gasteiger partial charge >= 0.3 is 0 Å². The van der Waals surface area contributed by atoms with Gasteiger partial charge < -0.3 is 0 Å². The number of nitrogens with one attached hydrogen (secondary N) is 2. The lowest BCUT2D eigenvalue weighted by Gasteiger charge is -2.12. The first kappa shape index (κ1) is 22.3. The van der Waals surface area contributed by atoms with Gasteiger partial charge in [-0.3, -0.25) is 20.3 Å². The maximum Gasteiger partial charge on any atom is 0.270 e. The van der Waals surface area contributed by atoms with Crippen LogP contribution < -0.4 is 10.1 Å². The first-order valence-electron chi connectivity index (χ1n) is 9.23. The smallest absolute Gasteiger partial charge is 0.270 e. The summed E-state index contributed by atoms with van der Waals surface area (Å²) in [6.45, 7) is 2.05. The summed E-state index contributed by atoms with van der Waals surface area (Å²) >= 11 is 5.83. The van der Waals surface area contributed by atoms with E-state index in [0.29, 0.717) is 5.02 Å². The van der Waals surface area contributed by atoms with Crippen molar-refractivity contribution in [3.05, 3.63) is 93.0 Å². The number of anilines is 2. The highest BCUT2D eigenvalue weighted by atomic mass is 35.5. The van der Waals surface area contributed by atoms with Crippen LogP contribution in [0.3, 0.4) is 0 Å². The molecule has 0 radical (unpaired) electrons. The number of non-ortho nitro benzene ring substituents is 1. The number of hydrogen-bond donors (Lipinski definition) is 2. The Morgan fingerprint density at radius 3 is 2.35 bits per heavy atom. The maximum atomic E-state index is 12.9. The van der Waals surface area contributed by atoms with Crippen molar-refractivity contribution in [1.82, 2.24) is 0 Å². The molecule has 3 rings (SSSR count). The molecule has 0 fully saturated rings. The number of sulfonamides is 1. The molecule has 3 aromatic rings. The summed E-state index contributed by atoms with van der Waals surface area (Å²) in [6, 6.07) is 17.2. The van der Waals surface area contributed by atoms with Crippen molar-refractivity contribution in [2.45, 2.75) is 18.2 Å². The van der Waals surface area contributed by atoms with Crippen LogP contribution in [0.1, 0.15) is 18.1 Å². The molecule has 0 unspecified atom stereocenters. The lowest BCUT2D eigenvalue weighted by Crippen LogP contribution is -2.15. The van der Waals surface area contributed by atoms with E-state index in [0.717, 1.165) is 18.1 Å². The van der Waals surface area contributed by atoms with E-state index in [2.05, 4.69) is 22.2 Å². The van der Waals surface area contributed by atoms with Crippen LogP contribution in [0.25, 0.3) is 0 Å². The minimum absolute atomic E-state index is 0.0912. The molecule has 0 saturated carbocycles. The molecule has 0 aromatic heterocycles. The average molecular weight is 459 g/mol. The fourth-order valence-corrected chi connectivity index (χ4v) is 4.04. The van der Waals surface area contributed by atoms with Crippen LogP contribution in [0.5, 0.6) is 0 Å². The Labute approximate surface area is 184 Å². The van der Waals surface area contributed by atoms with Gasteiger partial charge in [0, 0.05) is 22.8 Å². The first-order valence-corrected chi connectivity index (χ1v) is 11.1. The number of nitro groups is 1. The molecule has 0 aliphatic rings. The largest absolute Gasteiger partial charge is 0.280 e. The predicted molar refractivity (Wildman–Crippen MR) is 122 cm³/mol. The van der Waals surface area contributed by atoms with Crippen molar-refractivity contribution < 1.29 is 13.3 Å². The van der Waals surface area contributed by atoms with E-state index < -0.39 is 14.9 Å². The van der Waals surface area contributed by atoms with E-state index in [-0.39, 0.29) is 22.0 Å². The molecule has 31 heavy (non-hydrogen) atoms. The summed E-state index contributed by atoms with van der Waals surface area (Å²) in [5.74, 6) is 0. The van der Waals surface area contributed by atoms with Crippen LogP contribution in [0.4, 0.5) is 17.1 Å². The lowest BCUT2D eigenvalue weighted by molar-refractivity contribution is -0.385. The Morgan fingerprint density at radius 1 is 1.06 bits per heavy atom. The van der Waals surface area contributed by atoms with Gasteiger partial charge in [0.25, 0.3) is 15.7 Å². The summed E-state index contributed by atoms with van der Waals surface area (Å²) in [7, 11) is -4.15. The topological polar surface area (TPSA) is 114 Å². The highest BCUT2D eigenvalue weighted by Gasteiger charge is 2.22. The zero-order valence-corrected chi connectivity index (χ0v) is 18.0. The zero-order chi connectivity index (χ0) is 22.4. The van der Waals surface area contributed by atoms with Crippen molar-refractivity contribution >= 4 is 44.9 Å². The van der Waals surface area contributed by atoms with Gasteiger partial charge in [-0.2, -0.15) is 5.10 Å². The Balaban J connectivity index is 1.90. The number of nitro benzene ring substituents is 1. The summed E-state index contributed by atoms with van der Waals surface area (Å²) in [6.07, 6.45) is 2.45. The molecule has 10 heteroatoms. The second-order valence-corrected chi connectivity index (χ2v) is 8.60. The molecule has 160 valence electrons. The van der Waals surface area contributed by atoms with Crippen LogP contribution in [0, 0.1) is 10.1 Å². The quantitative estimate of drug-likeness (QED) is 0.278. The highest BCUT2D eigenvalue weighted by molar-refractivity contribution is 7.92. The van der Waals surface area contributed by atoms with Crippen molar-refractivity contribution in [2.75, 3.05) is 10.1 Å². The van der Waals surface area contributed by atoms with E-state index in [1.165, 1.54) is 48.2 Å². The summed E-state index contributed by atoms with van der Waals surface area (Å²) in [5, 5.41) is 15.7. The fraction of sp³-hybridized carbons (Fsp3) is 0.0952. The maximum absolute atomic E-state index is 12.9. The molecule has 0 spiro atoms. The van der Waals surface area contributed by atoms with Gasteiger partial charge in [0.05, 0.1) is 16.8 Å². The Kier molecular flexibility index (Phi) is 6.88. The highest BCUT2D eigenvalue weighted by Crippen LogP contribution is 2.28. The van der Waals surface area contributed by atoms with E-state index >= 15 is 0 Å². The van der Waals surface area contributed by atoms with E-state index in [1.807, 2.05) is 24.3 Å². The van der Waals surface area contributed by atoms with Crippen molar-refractivity contribution in [2.24, 2.45) is 5.10 Å². The molecular formula is C21H19ClN4O4S. The average Bonchev–Trinajstić information content (AvgIpc) is 2.75. The Hall–Kier alpha value is -3.43. The third-order valence-electron chi connectivity index (χ3n) is 4.35. The van der Waals surface area contributed by atoms with E-state index in [1.54, 1.807) is 0 Å². The van der Waals surface area contributed by atoms with Crippen molar-refractivity contribution in [3.8, 4) is 0 Å². The molecule has 0 bridgehead atoms. The Morgan fingerprint density at radius 2 is 1.74 bits per heavy atom. The Bertz CT molecular complexity index is 1210. The minimum Gasteiger partial charge on any atom is -0.280 e. The van der Waals surface area contributed by atoms with Gasteiger partial charge in [-0.1, -0.05) is 42.8 Å². The van der Waals surface area contributed by atoms with E-state index in [9.17, 15) is 18.5 Å². The molecule has 3 aromatic carbocycles. The summed E-state index contributed by atoms with van der Waals surface area (Å²) in [4.78, 5) is 10.2.